The Morgan fingerprint density at radius 2 is 1.86 bits per heavy atom. The third kappa shape index (κ3) is 5.43. The minimum absolute atomic E-state index is 0.0157. The van der Waals surface area contributed by atoms with E-state index in [0.29, 0.717) is 5.56 Å². The van der Waals surface area contributed by atoms with Crippen LogP contribution in [0.25, 0.3) is 0 Å². The summed E-state index contributed by atoms with van der Waals surface area (Å²) < 4.78 is 80.7. The second-order valence-corrected chi connectivity index (χ2v) is 4.50. The Kier molecular flexibility index (Phi) is 5.47. The average molecular weight is 378 g/mol. The molecule has 1 atom stereocenters. The van der Waals surface area contributed by atoms with Gasteiger partial charge in [-0.05, 0) is 33.6 Å². The monoisotopic (exact) mass is 377 g/mol. The number of ether oxygens (including phenoxy) is 2. The van der Waals surface area contributed by atoms with E-state index in [1.54, 1.807) is 0 Å². The summed E-state index contributed by atoms with van der Waals surface area (Å²) in [6.07, 6.45) is -14.5. The number of nitrogens with zero attached hydrogens (tertiary/aromatic N) is 1. The second kappa shape index (κ2) is 6.53. The van der Waals surface area contributed by atoms with Crippen molar-refractivity contribution in [2.45, 2.75) is 25.2 Å². The predicted molar refractivity (Wildman–Crippen MR) is 61.1 cm³/mol. The highest BCUT2D eigenvalue weighted by atomic mass is 79.9. The highest BCUT2D eigenvalue weighted by Crippen LogP contribution is 2.35. The SMILES string of the molecule is N#CCc1ccc(OC(F)(F)[C@@H](F)OC(F)(F)F)c(Br)c1. The van der Waals surface area contributed by atoms with E-state index in [9.17, 15) is 26.3 Å². The zero-order valence-corrected chi connectivity index (χ0v) is 11.5. The number of benzene rings is 1. The Morgan fingerprint density at radius 3 is 2.33 bits per heavy atom. The van der Waals surface area contributed by atoms with Gasteiger partial charge in [-0.3, -0.25) is 0 Å². The normalized spacial score (nSPS) is 13.6. The molecule has 0 N–H and O–H groups in total. The van der Waals surface area contributed by atoms with Crippen molar-refractivity contribution in [3.8, 4) is 11.8 Å². The van der Waals surface area contributed by atoms with Gasteiger partial charge in [0.15, 0.2) is 0 Å². The number of hydrogen-bond donors (Lipinski definition) is 0. The maximum Gasteiger partial charge on any atom is 0.525 e. The van der Waals surface area contributed by atoms with Crippen molar-refractivity contribution in [1.82, 2.24) is 0 Å². The van der Waals surface area contributed by atoms with Crippen LogP contribution in [0.15, 0.2) is 22.7 Å². The zero-order valence-electron chi connectivity index (χ0n) is 9.93. The van der Waals surface area contributed by atoms with Gasteiger partial charge in [0.25, 0.3) is 0 Å². The molecule has 0 saturated heterocycles. The summed E-state index contributed by atoms with van der Waals surface area (Å²) in [4.78, 5) is 0. The van der Waals surface area contributed by atoms with Crippen molar-refractivity contribution in [1.29, 1.82) is 5.26 Å². The van der Waals surface area contributed by atoms with Crippen LogP contribution in [0.5, 0.6) is 5.75 Å². The molecule has 0 bridgehead atoms. The topological polar surface area (TPSA) is 42.2 Å². The van der Waals surface area contributed by atoms with Crippen LogP contribution in [0.4, 0.5) is 26.3 Å². The number of halogens is 7. The van der Waals surface area contributed by atoms with E-state index in [2.05, 4.69) is 25.4 Å². The third-order valence-corrected chi connectivity index (χ3v) is 2.65. The molecule has 0 fully saturated rings. The van der Waals surface area contributed by atoms with E-state index < -0.39 is 24.6 Å². The molecule has 0 spiro atoms. The van der Waals surface area contributed by atoms with Gasteiger partial charge < -0.3 is 4.74 Å². The van der Waals surface area contributed by atoms with E-state index >= 15 is 0 Å². The van der Waals surface area contributed by atoms with Crippen molar-refractivity contribution in [3.63, 3.8) is 0 Å². The van der Waals surface area contributed by atoms with E-state index in [1.807, 2.05) is 6.07 Å². The summed E-state index contributed by atoms with van der Waals surface area (Å²) in [5, 5.41) is 8.46. The Hall–Kier alpha value is -1.47. The molecule has 0 unspecified atom stereocenters. The first-order valence-corrected chi connectivity index (χ1v) is 5.95. The van der Waals surface area contributed by atoms with Gasteiger partial charge in [-0.2, -0.15) is 14.0 Å². The first kappa shape index (κ1) is 17.6. The van der Waals surface area contributed by atoms with Crippen molar-refractivity contribution in [2.75, 3.05) is 0 Å². The van der Waals surface area contributed by atoms with Crippen LogP contribution in [-0.4, -0.2) is 18.8 Å². The summed E-state index contributed by atoms with van der Waals surface area (Å²) in [6, 6.07) is 5.25. The summed E-state index contributed by atoms with van der Waals surface area (Å²) in [5.74, 6) is -0.602. The fourth-order valence-corrected chi connectivity index (χ4v) is 1.71. The number of nitriles is 1. The summed E-state index contributed by atoms with van der Waals surface area (Å²) in [5.41, 5.74) is 0.448. The molecular weight excluding hydrogens is 372 g/mol. The average Bonchev–Trinajstić information content (AvgIpc) is 2.31. The lowest BCUT2D eigenvalue weighted by atomic mass is 10.2. The van der Waals surface area contributed by atoms with Crippen LogP contribution in [0.2, 0.25) is 0 Å². The number of alkyl halides is 6. The number of rotatable bonds is 5. The fraction of sp³-hybridized carbons (Fsp3) is 0.364. The standard InChI is InChI=1S/C11H6BrF6NO2/c12-7-5-6(3-4-19)1-2-8(7)20-10(14,15)9(13)21-11(16,17)18/h1-2,5,9H,3H2/t9-/m0/s1. The molecule has 0 aromatic heterocycles. The van der Waals surface area contributed by atoms with E-state index in [1.165, 1.54) is 12.1 Å². The largest absolute Gasteiger partial charge is 0.525 e. The first-order valence-electron chi connectivity index (χ1n) is 5.16. The quantitative estimate of drug-likeness (QED) is 0.717. The maximum atomic E-state index is 13.2. The van der Waals surface area contributed by atoms with Gasteiger partial charge in [0.1, 0.15) is 5.75 Å². The molecule has 0 aliphatic rings. The lowest BCUT2D eigenvalue weighted by Gasteiger charge is -2.22. The summed E-state index contributed by atoms with van der Waals surface area (Å²) >= 11 is 2.83. The number of hydrogen-bond acceptors (Lipinski definition) is 3. The minimum atomic E-state index is -5.57. The highest BCUT2D eigenvalue weighted by molar-refractivity contribution is 9.10. The summed E-state index contributed by atoms with van der Waals surface area (Å²) in [7, 11) is 0. The summed E-state index contributed by atoms with van der Waals surface area (Å²) in [6.45, 7) is 0. The smallest absolute Gasteiger partial charge is 0.427 e. The van der Waals surface area contributed by atoms with Crippen molar-refractivity contribution in [2.24, 2.45) is 0 Å². The van der Waals surface area contributed by atoms with Gasteiger partial charge >= 0.3 is 18.8 Å². The molecule has 116 valence electrons. The second-order valence-electron chi connectivity index (χ2n) is 3.64. The van der Waals surface area contributed by atoms with Crippen LogP contribution in [-0.2, 0) is 11.2 Å². The van der Waals surface area contributed by atoms with Gasteiger partial charge in [0, 0.05) is 0 Å². The maximum absolute atomic E-state index is 13.2. The van der Waals surface area contributed by atoms with Gasteiger partial charge in [0.2, 0.25) is 0 Å². The Bertz CT molecular complexity index is 542. The van der Waals surface area contributed by atoms with Crippen molar-refractivity contribution >= 4 is 15.9 Å². The predicted octanol–water partition coefficient (Wildman–Crippen LogP) is 4.32. The van der Waals surface area contributed by atoms with Crippen LogP contribution in [0, 0.1) is 11.3 Å². The first-order chi connectivity index (χ1) is 9.55. The molecular formula is C11H6BrF6NO2. The van der Waals surface area contributed by atoms with Gasteiger partial charge in [0.05, 0.1) is 17.0 Å². The van der Waals surface area contributed by atoms with Gasteiger partial charge in [-0.1, -0.05) is 6.07 Å². The van der Waals surface area contributed by atoms with Gasteiger partial charge in [-0.15, -0.1) is 13.2 Å². The zero-order chi connectivity index (χ0) is 16.3. The van der Waals surface area contributed by atoms with Crippen LogP contribution in [0.3, 0.4) is 0 Å². The minimum Gasteiger partial charge on any atom is -0.427 e. The Morgan fingerprint density at radius 1 is 1.24 bits per heavy atom. The fourth-order valence-electron chi connectivity index (χ4n) is 1.21. The lowest BCUT2D eigenvalue weighted by molar-refractivity contribution is -0.411. The molecule has 0 heterocycles. The van der Waals surface area contributed by atoms with E-state index in [-0.39, 0.29) is 10.9 Å². The molecule has 0 amide bonds. The molecule has 0 radical (unpaired) electrons. The Labute approximate surface area is 123 Å². The van der Waals surface area contributed by atoms with Crippen molar-refractivity contribution < 1.29 is 35.8 Å². The molecule has 0 aliphatic heterocycles. The highest BCUT2D eigenvalue weighted by Gasteiger charge is 2.50. The van der Waals surface area contributed by atoms with Crippen molar-refractivity contribution in [3.05, 3.63) is 28.2 Å². The molecule has 3 nitrogen and oxygen atoms in total. The lowest BCUT2D eigenvalue weighted by Crippen LogP contribution is -2.41. The molecule has 1 aromatic rings. The van der Waals surface area contributed by atoms with E-state index in [4.69, 9.17) is 5.26 Å². The molecule has 0 saturated carbocycles. The molecule has 0 aliphatic carbocycles. The van der Waals surface area contributed by atoms with Gasteiger partial charge in [-0.25, -0.2) is 9.13 Å². The van der Waals surface area contributed by atoms with Crippen LogP contribution < -0.4 is 4.74 Å². The Balaban J connectivity index is 2.86. The molecule has 10 heteroatoms. The molecule has 1 rings (SSSR count). The van der Waals surface area contributed by atoms with E-state index in [0.717, 1.165) is 6.07 Å². The van der Waals surface area contributed by atoms with Crippen LogP contribution in [0.1, 0.15) is 5.56 Å². The molecule has 21 heavy (non-hydrogen) atoms. The molecule has 1 aromatic carbocycles. The third-order valence-electron chi connectivity index (χ3n) is 2.03. The van der Waals surface area contributed by atoms with Crippen LogP contribution >= 0.6 is 15.9 Å².